The van der Waals surface area contributed by atoms with Gasteiger partial charge in [-0.2, -0.15) is 0 Å². The predicted molar refractivity (Wildman–Crippen MR) is 112 cm³/mol. The predicted octanol–water partition coefficient (Wildman–Crippen LogP) is 0.960. The zero-order valence-corrected chi connectivity index (χ0v) is 22.5. The summed E-state index contributed by atoms with van der Waals surface area (Å²) in [4.78, 5) is 0. The molecule has 4 rings (SSSR count). The van der Waals surface area contributed by atoms with E-state index in [1.54, 1.807) is 33.4 Å². The summed E-state index contributed by atoms with van der Waals surface area (Å²) >= 11 is -1.84. The Hall–Kier alpha value is -0.400. The van der Waals surface area contributed by atoms with Gasteiger partial charge in [0.25, 0.3) is 0 Å². The van der Waals surface area contributed by atoms with Gasteiger partial charge in [-0.25, -0.2) is 0 Å². The number of fused-ring (bicyclic) bond motifs is 2. The summed E-state index contributed by atoms with van der Waals surface area (Å²) in [5.74, 6) is 0. The van der Waals surface area contributed by atoms with E-state index in [4.69, 9.17) is 0 Å². The van der Waals surface area contributed by atoms with E-state index < -0.39 is 20.4 Å². The number of hydrogen-bond acceptors (Lipinski definition) is 0. The molecule has 0 heterocycles. The first-order valence-corrected chi connectivity index (χ1v) is 18.7. The Morgan fingerprint density at radius 3 is 1.36 bits per heavy atom. The van der Waals surface area contributed by atoms with Crippen LogP contribution in [-0.2, 0) is 20.4 Å². The average molecular weight is 507 g/mol. The van der Waals surface area contributed by atoms with Crippen LogP contribution in [0.2, 0.25) is 13.1 Å². The molecule has 146 valence electrons. The van der Waals surface area contributed by atoms with Crippen molar-refractivity contribution in [3.8, 4) is 0 Å². The minimum absolute atomic E-state index is 0. The molecule has 4 heteroatoms. The number of halogens is 2. The van der Waals surface area contributed by atoms with Crippen molar-refractivity contribution in [1.82, 2.24) is 0 Å². The molecule has 0 N–H and O–H groups in total. The van der Waals surface area contributed by atoms with Crippen molar-refractivity contribution in [3.63, 3.8) is 0 Å². The van der Waals surface area contributed by atoms with Crippen molar-refractivity contribution in [2.24, 2.45) is 0 Å². The van der Waals surface area contributed by atoms with Crippen LogP contribution < -0.4 is 24.8 Å². The smallest absolute Gasteiger partial charge is 1.00 e. The molecule has 0 aliphatic heterocycles. The molecule has 28 heavy (non-hydrogen) atoms. The molecule has 0 saturated heterocycles. The zero-order valence-electron chi connectivity index (χ0n) is 17.5. The molecule has 0 nitrogen and oxygen atoms in total. The van der Waals surface area contributed by atoms with Gasteiger partial charge in [-0.1, -0.05) is 0 Å². The van der Waals surface area contributed by atoms with E-state index in [1.807, 2.05) is 0 Å². The first-order valence-electron chi connectivity index (χ1n) is 9.64. The molecule has 2 aromatic carbocycles. The minimum atomic E-state index is -1.84. The van der Waals surface area contributed by atoms with E-state index in [9.17, 15) is 0 Å². The van der Waals surface area contributed by atoms with Gasteiger partial charge < -0.3 is 24.8 Å². The summed E-state index contributed by atoms with van der Waals surface area (Å²) in [6.07, 6.45) is 0. The van der Waals surface area contributed by atoms with Gasteiger partial charge in [0, 0.05) is 0 Å². The van der Waals surface area contributed by atoms with Gasteiger partial charge in [-0.3, -0.25) is 0 Å². The largest absolute Gasteiger partial charge is 1.00 e. The fourth-order valence-corrected chi connectivity index (χ4v) is 26.2. The molecule has 2 aromatic rings. The second kappa shape index (κ2) is 9.17. The van der Waals surface area contributed by atoms with Crippen LogP contribution in [0.4, 0.5) is 0 Å². The second-order valence-corrected chi connectivity index (χ2v) is 26.0. The van der Waals surface area contributed by atoms with E-state index in [1.165, 1.54) is 11.1 Å². The second-order valence-electron chi connectivity index (χ2n) is 8.11. The van der Waals surface area contributed by atoms with Crippen molar-refractivity contribution in [2.75, 3.05) is 0 Å². The summed E-state index contributed by atoms with van der Waals surface area (Å²) in [5, 5.41) is 0. The van der Waals surface area contributed by atoms with Gasteiger partial charge in [-0.05, 0) is 0 Å². The first kappa shape index (κ1) is 23.9. The third-order valence-electron chi connectivity index (χ3n) is 6.60. The van der Waals surface area contributed by atoms with Crippen LogP contribution >= 0.6 is 0 Å². The molecular weight excluding hydrogens is 478 g/mol. The average Bonchev–Trinajstić information content (AvgIpc) is 3.03. The molecule has 0 fully saturated rings. The molecule has 0 saturated carbocycles. The van der Waals surface area contributed by atoms with Gasteiger partial charge >= 0.3 is 167 Å². The van der Waals surface area contributed by atoms with Gasteiger partial charge in [0.05, 0.1) is 0 Å². The Balaban J connectivity index is 0.00000140. The van der Waals surface area contributed by atoms with Crippen LogP contribution in [0.15, 0.2) is 59.7 Å². The third-order valence-corrected chi connectivity index (χ3v) is 26.4. The SMILES string of the molecule is CC1=C(C)[CH]([Zr+2]([CH]2C(C)=C(C)c3ccccc32)=[Si](C)C)c2ccccc21.[Cl-].[Cl-]. The van der Waals surface area contributed by atoms with Crippen molar-refractivity contribution in [2.45, 2.75) is 48.0 Å². The number of rotatable bonds is 2. The van der Waals surface area contributed by atoms with E-state index >= 15 is 0 Å². The molecule has 0 amide bonds. The standard InChI is InChI=1S/2C11H11.C2H6Si.2ClH.Zr/c2*1-8-7-10-5-3-4-6-11(10)9(8)2;1-3-2;;;/h2*3-7H,1-2H3;1-2H3;2*1H;/q;;;;;+2/p-2. The normalized spacial score (nSPS) is 19.3. The Morgan fingerprint density at radius 1 is 0.643 bits per heavy atom. The van der Waals surface area contributed by atoms with E-state index in [2.05, 4.69) is 89.3 Å². The third kappa shape index (κ3) is 3.60. The minimum Gasteiger partial charge on any atom is -1.00 e. The molecular formula is C24H28Cl2SiZr. The zero-order chi connectivity index (χ0) is 18.6. The van der Waals surface area contributed by atoms with Crippen molar-refractivity contribution >= 4 is 16.6 Å². The maximum Gasteiger partial charge on any atom is -1.00 e. The first-order chi connectivity index (χ1) is 12.4. The monoisotopic (exact) mass is 504 g/mol. The van der Waals surface area contributed by atoms with Crippen LogP contribution in [0.5, 0.6) is 0 Å². The summed E-state index contributed by atoms with van der Waals surface area (Å²) in [6.45, 7) is 14.8. The van der Waals surface area contributed by atoms with E-state index in [-0.39, 0.29) is 30.2 Å². The molecule has 0 bridgehead atoms. The van der Waals surface area contributed by atoms with Gasteiger partial charge in [0.15, 0.2) is 0 Å². The van der Waals surface area contributed by atoms with E-state index in [0.717, 1.165) is 7.25 Å². The van der Waals surface area contributed by atoms with Crippen LogP contribution in [-0.4, -0.2) is 5.43 Å². The maximum atomic E-state index is 2.60. The molecule has 2 unspecified atom stereocenters. The quantitative estimate of drug-likeness (QED) is 0.533. The van der Waals surface area contributed by atoms with Crippen LogP contribution in [0.25, 0.3) is 11.1 Å². The van der Waals surface area contributed by atoms with Gasteiger partial charge in [-0.15, -0.1) is 0 Å². The number of hydrogen-bond donors (Lipinski definition) is 0. The molecule has 0 aromatic heterocycles. The Bertz CT molecular complexity index is 937. The van der Waals surface area contributed by atoms with Gasteiger partial charge in [0.2, 0.25) is 0 Å². The molecule has 0 spiro atoms. The molecule has 2 atom stereocenters. The fourth-order valence-electron chi connectivity index (χ4n) is 5.05. The Kier molecular flexibility index (Phi) is 7.82. The van der Waals surface area contributed by atoms with Crippen LogP contribution in [0.3, 0.4) is 0 Å². The van der Waals surface area contributed by atoms with Crippen LogP contribution in [0, 0.1) is 0 Å². The van der Waals surface area contributed by atoms with Crippen molar-refractivity contribution < 1.29 is 45.2 Å². The van der Waals surface area contributed by atoms with Gasteiger partial charge in [0.1, 0.15) is 0 Å². The molecule has 0 radical (unpaired) electrons. The molecule has 2 aliphatic rings. The molecule has 2 aliphatic carbocycles. The maximum absolute atomic E-state index is 2.60. The van der Waals surface area contributed by atoms with E-state index in [0.29, 0.717) is 0 Å². The summed E-state index contributed by atoms with van der Waals surface area (Å²) < 4.78 is 1.52. The number of benzene rings is 2. The van der Waals surface area contributed by atoms with Crippen LogP contribution in [0.1, 0.15) is 57.2 Å². The number of allylic oxidation sites excluding steroid dienone is 4. The summed E-state index contributed by atoms with van der Waals surface area (Å²) in [5.41, 5.74) is 12.5. The Labute approximate surface area is 190 Å². The summed E-state index contributed by atoms with van der Waals surface area (Å²) in [6, 6.07) is 18.5. The summed E-state index contributed by atoms with van der Waals surface area (Å²) in [7, 11) is 0. The topological polar surface area (TPSA) is 0 Å². The Morgan fingerprint density at radius 2 is 1.00 bits per heavy atom. The fraction of sp³-hybridized carbons (Fsp3) is 0.333. The van der Waals surface area contributed by atoms with Crippen molar-refractivity contribution in [3.05, 3.63) is 81.9 Å². The van der Waals surface area contributed by atoms with Crippen molar-refractivity contribution in [1.29, 1.82) is 0 Å².